The quantitative estimate of drug-likeness (QED) is 0.588. The molecule has 1 atom stereocenters. The Morgan fingerprint density at radius 3 is 2.78 bits per heavy atom. The maximum Gasteiger partial charge on any atom is 0.296 e. The molecule has 1 saturated heterocycles. The van der Waals surface area contributed by atoms with E-state index in [2.05, 4.69) is 27.3 Å². The van der Waals surface area contributed by atoms with Gasteiger partial charge in [0.05, 0.1) is 12.2 Å². The number of benzene rings is 1. The Balaban J connectivity index is 0.000000913. The number of ether oxygens (including phenoxy) is 1. The molecular weight excluding hydrogens is 414 g/mol. The molecule has 10 heteroatoms. The number of aromatic nitrogens is 3. The molecule has 4 rings (SSSR count). The molecule has 3 heterocycles. The smallest absolute Gasteiger partial charge is 0.296 e. The second-order valence-electron chi connectivity index (χ2n) is 7.91. The van der Waals surface area contributed by atoms with E-state index < -0.39 is 0 Å². The highest BCUT2D eigenvalue weighted by Crippen LogP contribution is 2.42. The van der Waals surface area contributed by atoms with E-state index in [0.717, 1.165) is 49.4 Å². The number of carboxylic acid groups (broad SMARTS) is 1. The summed E-state index contributed by atoms with van der Waals surface area (Å²) in [5.41, 5.74) is 2.00. The molecule has 0 radical (unpaired) electrons. The first-order valence-electron chi connectivity index (χ1n) is 11.0. The summed E-state index contributed by atoms with van der Waals surface area (Å²) >= 11 is 0. The number of aryl methyl sites for hydroxylation is 1. The van der Waals surface area contributed by atoms with Gasteiger partial charge < -0.3 is 25.2 Å². The molecule has 32 heavy (non-hydrogen) atoms. The summed E-state index contributed by atoms with van der Waals surface area (Å²) in [7, 11) is 1.68. The first-order valence-corrected chi connectivity index (χ1v) is 11.0. The molecule has 1 fully saturated rings. The molecule has 1 aromatic heterocycles. The number of anilines is 1. The Morgan fingerprint density at radius 2 is 2.09 bits per heavy atom. The lowest BCUT2D eigenvalue weighted by atomic mass is 9.98. The average molecular weight is 446 g/mol. The third-order valence-electron chi connectivity index (χ3n) is 6.02. The van der Waals surface area contributed by atoms with Crippen molar-refractivity contribution in [3.05, 3.63) is 27.5 Å². The van der Waals surface area contributed by atoms with Gasteiger partial charge in [-0.25, -0.2) is 0 Å². The number of fused-ring (bicyclic) bond motifs is 1. The van der Waals surface area contributed by atoms with Gasteiger partial charge >= 0.3 is 0 Å². The van der Waals surface area contributed by atoms with E-state index in [1.165, 1.54) is 4.57 Å². The maximum atomic E-state index is 13.0. The molecule has 0 aliphatic carbocycles. The lowest BCUT2D eigenvalue weighted by molar-refractivity contribution is -0.122. The van der Waals surface area contributed by atoms with E-state index >= 15 is 0 Å². The number of nitrogens with zero attached hydrogens (tertiary/aromatic N) is 4. The molecule has 0 saturated carbocycles. The molecule has 10 nitrogen and oxygen atoms in total. The van der Waals surface area contributed by atoms with Crippen molar-refractivity contribution in [2.75, 3.05) is 31.6 Å². The minimum atomic E-state index is -0.250. The first-order chi connectivity index (χ1) is 15.4. The van der Waals surface area contributed by atoms with Gasteiger partial charge in [0, 0.05) is 31.6 Å². The van der Waals surface area contributed by atoms with Crippen molar-refractivity contribution in [1.29, 1.82) is 0 Å². The van der Waals surface area contributed by atoms with Crippen LogP contribution in [-0.2, 0) is 24.7 Å². The monoisotopic (exact) mass is 445 g/mol. The number of carbonyl (C=O) groups is 1. The standard InChI is InChI=1S/C21H29N5O3.CH2O2/c1-4-13-11-16-15(8-10-29-16)18(27)17(13)20-24-23-19(21(28)25(20)3)22-14-7-6-9-26(5-2)12-14;2-1-3/h11,14,27H,4-10,12H2,1-3H3,(H,22,23);1H,(H,2,3)/t14-;/m1./s1. The third-order valence-corrected chi connectivity index (χ3v) is 6.02. The van der Waals surface area contributed by atoms with Gasteiger partial charge in [0.15, 0.2) is 5.82 Å². The van der Waals surface area contributed by atoms with Crippen molar-refractivity contribution in [2.24, 2.45) is 7.05 Å². The van der Waals surface area contributed by atoms with Crippen LogP contribution < -0.4 is 15.6 Å². The Bertz CT molecular complexity index is 1020. The van der Waals surface area contributed by atoms with Crippen LogP contribution in [0.1, 0.15) is 37.8 Å². The molecule has 1 aromatic carbocycles. The largest absolute Gasteiger partial charge is 0.507 e. The zero-order chi connectivity index (χ0) is 23.3. The predicted octanol–water partition coefficient (Wildman–Crippen LogP) is 1.64. The van der Waals surface area contributed by atoms with E-state index in [9.17, 15) is 9.90 Å². The Labute approximate surface area is 186 Å². The molecule has 2 aromatic rings. The summed E-state index contributed by atoms with van der Waals surface area (Å²) in [5, 5.41) is 29.6. The van der Waals surface area contributed by atoms with Crippen LogP contribution in [-0.4, -0.2) is 68.6 Å². The fourth-order valence-corrected chi connectivity index (χ4v) is 4.32. The topological polar surface area (TPSA) is 130 Å². The van der Waals surface area contributed by atoms with Gasteiger partial charge in [0.2, 0.25) is 5.82 Å². The van der Waals surface area contributed by atoms with Crippen LogP contribution in [0.25, 0.3) is 11.4 Å². The molecule has 0 spiro atoms. The lowest BCUT2D eigenvalue weighted by Gasteiger charge is -2.32. The Kier molecular flexibility index (Phi) is 7.68. The number of rotatable bonds is 5. The second-order valence-corrected chi connectivity index (χ2v) is 7.91. The highest BCUT2D eigenvalue weighted by molar-refractivity contribution is 5.73. The number of hydrogen-bond donors (Lipinski definition) is 3. The number of hydrogen-bond acceptors (Lipinski definition) is 8. The van der Waals surface area contributed by atoms with E-state index in [-0.39, 0.29) is 29.6 Å². The number of aromatic hydroxyl groups is 1. The number of likely N-dealkylation sites (tertiary alicyclic amines) is 1. The Morgan fingerprint density at radius 1 is 1.34 bits per heavy atom. The zero-order valence-electron chi connectivity index (χ0n) is 18.8. The van der Waals surface area contributed by atoms with Crippen LogP contribution in [0.5, 0.6) is 11.5 Å². The molecule has 2 aliphatic heterocycles. The highest BCUT2D eigenvalue weighted by atomic mass is 16.5. The van der Waals surface area contributed by atoms with Gasteiger partial charge in [-0.1, -0.05) is 13.8 Å². The van der Waals surface area contributed by atoms with Crippen molar-refractivity contribution >= 4 is 12.3 Å². The molecule has 2 aliphatic rings. The van der Waals surface area contributed by atoms with Gasteiger partial charge in [0.1, 0.15) is 11.5 Å². The second kappa shape index (κ2) is 10.4. The van der Waals surface area contributed by atoms with Crippen molar-refractivity contribution in [1.82, 2.24) is 19.7 Å². The summed E-state index contributed by atoms with van der Waals surface area (Å²) in [5.74, 6) is 1.51. The molecule has 0 bridgehead atoms. The number of nitrogens with one attached hydrogen (secondary N) is 1. The third kappa shape index (κ3) is 4.69. The minimum absolute atomic E-state index is 0.146. The number of phenols is 1. The summed E-state index contributed by atoms with van der Waals surface area (Å²) in [6.45, 7) is 7.45. The Hall–Kier alpha value is -3.14. The zero-order valence-corrected chi connectivity index (χ0v) is 18.8. The summed E-state index contributed by atoms with van der Waals surface area (Å²) in [6.07, 6.45) is 3.44. The normalized spacial score (nSPS) is 17.7. The maximum absolute atomic E-state index is 13.0. The van der Waals surface area contributed by atoms with E-state index in [0.29, 0.717) is 30.8 Å². The van der Waals surface area contributed by atoms with Crippen LogP contribution in [0.2, 0.25) is 0 Å². The number of piperidine rings is 1. The van der Waals surface area contributed by atoms with Crippen molar-refractivity contribution < 1.29 is 19.7 Å². The van der Waals surface area contributed by atoms with Gasteiger partial charge in [-0.3, -0.25) is 14.2 Å². The molecule has 174 valence electrons. The highest BCUT2D eigenvalue weighted by Gasteiger charge is 2.26. The van der Waals surface area contributed by atoms with Crippen LogP contribution >= 0.6 is 0 Å². The summed E-state index contributed by atoms with van der Waals surface area (Å²) in [6, 6.07) is 2.13. The molecule has 0 unspecified atom stereocenters. The van der Waals surface area contributed by atoms with E-state index in [1.54, 1.807) is 7.05 Å². The summed E-state index contributed by atoms with van der Waals surface area (Å²) in [4.78, 5) is 23.7. The van der Waals surface area contributed by atoms with Crippen LogP contribution in [0, 0.1) is 0 Å². The van der Waals surface area contributed by atoms with E-state index in [4.69, 9.17) is 14.6 Å². The predicted molar refractivity (Wildman–Crippen MR) is 120 cm³/mol. The van der Waals surface area contributed by atoms with Gasteiger partial charge in [-0.15, -0.1) is 10.2 Å². The van der Waals surface area contributed by atoms with Gasteiger partial charge in [-0.2, -0.15) is 0 Å². The fraction of sp³-hybridized carbons (Fsp3) is 0.545. The average Bonchev–Trinajstić information content (AvgIpc) is 3.27. The van der Waals surface area contributed by atoms with Gasteiger partial charge in [-0.05, 0) is 44.0 Å². The summed E-state index contributed by atoms with van der Waals surface area (Å²) < 4.78 is 7.09. The van der Waals surface area contributed by atoms with Crippen LogP contribution in [0.3, 0.4) is 0 Å². The van der Waals surface area contributed by atoms with Crippen molar-refractivity contribution in [2.45, 2.75) is 45.6 Å². The first kappa shape index (κ1) is 23.5. The number of phenolic OH excluding ortho intramolecular Hbond substituents is 1. The molecular formula is C22H31N5O5. The number of likely N-dealkylation sites (N-methyl/N-ethyl adjacent to an activating group) is 1. The van der Waals surface area contributed by atoms with Crippen molar-refractivity contribution in [3.63, 3.8) is 0 Å². The van der Waals surface area contributed by atoms with Crippen molar-refractivity contribution in [3.8, 4) is 22.9 Å². The van der Waals surface area contributed by atoms with Crippen LogP contribution in [0.15, 0.2) is 10.9 Å². The molecule has 3 N–H and O–H groups in total. The SMILES string of the molecule is CCc1cc2c(c(O)c1-c1nnc(N[C@@H]3CCCN(CC)C3)c(=O)n1C)CCO2.O=CO. The lowest BCUT2D eigenvalue weighted by Crippen LogP contribution is -2.43. The van der Waals surface area contributed by atoms with Crippen LogP contribution in [0.4, 0.5) is 5.82 Å². The van der Waals surface area contributed by atoms with Gasteiger partial charge in [0.25, 0.3) is 12.0 Å². The fourth-order valence-electron chi connectivity index (χ4n) is 4.32. The minimum Gasteiger partial charge on any atom is -0.507 e. The van der Waals surface area contributed by atoms with E-state index in [1.807, 2.05) is 13.0 Å². The molecule has 0 amide bonds.